The molecule has 6 aromatic carbocycles. The van der Waals surface area contributed by atoms with Gasteiger partial charge in [0, 0.05) is 61.6 Å². The maximum absolute atomic E-state index is 15.8. The molecule has 0 aliphatic heterocycles. The Labute approximate surface area is 467 Å². The second-order valence-electron chi connectivity index (χ2n) is 19.0. The average Bonchev–Trinajstić information content (AvgIpc) is 4.28. The van der Waals surface area contributed by atoms with E-state index in [0.717, 1.165) is 47.9 Å². The predicted molar refractivity (Wildman–Crippen MR) is 311 cm³/mol. The molecule has 10 aromatic rings. The van der Waals surface area contributed by atoms with Gasteiger partial charge in [-0.15, -0.1) is 22.7 Å². The minimum Gasteiger partial charge on any atom is -0.508 e. The van der Waals surface area contributed by atoms with E-state index in [1.165, 1.54) is 34.8 Å². The van der Waals surface area contributed by atoms with Crippen LogP contribution >= 0.6 is 22.7 Å². The van der Waals surface area contributed by atoms with Crippen molar-refractivity contribution in [1.82, 2.24) is 20.1 Å². The van der Waals surface area contributed by atoms with Crippen molar-refractivity contribution in [2.45, 2.75) is 51.6 Å². The van der Waals surface area contributed by atoms with Gasteiger partial charge in [-0.25, -0.2) is 19.7 Å². The Kier molecular flexibility index (Phi) is 17.8. The molecule has 18 heteroatoms. The van der Waals surface area contributed by atoms with E-state index in [1.54, 1.807) is 89.8 Å². The second kappa shape index (κ2) is 25.4. The van der Waals surface area contributed by atoms with E-state index < -0.39 is 11.8 Å². The Balaban J connectivity index is 0.000000194. The maximum Gasteiger partial charge on any atom is 0.247 e. The normalized spacial score (nSPS) is 11.2. The van der Waals surface area contributed by atoms with Crippen molar-refractivity contribution >= 4 is 73.5 Å². The summed E-state index contributed by atoms with van der Waals surface area (Å²) in [5.74, 6) is -2.29. The molecule has 408 valence electrons. The summed E-state index contributed by atoms with van der Waals surface area (Å²) in [4.78, 5) is 53.7. The van der Waals surface area contributed by atoms with Crippen LogP contribution in [0.2, 0.25) is 0 Å². The number of nitrogen functional groups attached to an aromatic ring is 1. The Morgan fingerprint density at radius 2 is 0.938 bits per heavy atom. The van der Waals surface area contributed by atoms with Crippen LogP contribution in [0, 0.1) is 11.6 Å². The van der Waals surface area contributed by atoms with Gasteiger partial charge in [0.05, 0.1) is 45.0 Å². The molecule has 2 amide bonds. The molecule has 0 radical (unpaired) electrons. The van der Waals surface area contributed by atoms with Crippen LogP contribution in [-0.2, 0) is 35.5 Å². The molecule has 14 nitrogen and oxygen atoms in total. The van der Waals surface area contributed by atoms with Crippen LogP contribution in [0.3, 0.4) is 0 Å². The van der Waals surface area contributed by atoms with Crippen LogP contribution in [0.4, 0.5) is 14.5 Å². The molecule has 11 N–H and O–H groups in total. The fourth-order valence-electron chi connectivity index (χ4n) is 9.78. The number of aromatic hydroxyl groups is 1. The first kappa shape index (κ1) is 56.1. The first-order valence-corrected chi connectivity index (χ1v) is 27.5. The predicted octanol–water partition coefficient (Wildman–Crippen LogP) is 11.7. The number of nitrogens with two attached hydrogens (primary N) is 3. The van der Waals surface area contributed by atoms with Gasteiger partial charge in [0.2, 0.25) is 23.4 Å². The smallest absolute Gasteiger partial charge is 0.247 e. The molecule has 0 fully saturated rings. The van der Waals surface area contributed by atoms with Gasteiger partial charge in [0.15, 0.2) is 11.6 Å². The van der Waals surface area contributed by atoms with Crippen molar-refractivity contribution in [3.8, 4) is 49.1 Å². The van der Waals surface area contributed by atoms with Gasteiger partial charge in [-0.05, 0) is 134 Å². The standard InChI is InChI=1S/C31H29FN4O3S.C31H28FN3O4S/c32-28-24-12-11-20(16-25(24)36(14-5-4-13-33)29(28)19-7-2-1-3-8-19)30(38)26-17-22(18-27(37)35-39)31(40-26)21-9-6-10-23(34)15-21;32-28-24-13-10-21(16-25(24)35(15-5-4-14-33)29(28)19-6-2-1-3-7-19)30(38)26-17-22(18-27(37)34-39)31(40-26)20-8-11-23(36)12-9-20/h1-3,6-12,15-17,39H,4-5,13-14,18,33-34H2,(H,35,37);1-3,6-13,16-17,36,39H,4-5,14-15,18,33H2,(H,34,37). The number of unbranched alkanes of at least 4 members (excludes halogenated alkanes) is 2. The Bertz CT molecular complexity index is 3870. The van der Waals surface area contributed by atoms with Crippen molar-refractivity contribution < 1.29 is 43.5 Å². The molecule has 10 rings (SSSR count). The highest BCUT2D eigenvalue weighted by Gasteiger charge is 2.26. The lowest BCUT2D eigenvalue weighted by Gasteiger charge is -2.11. The zero-order valence-electron chi connectivity index (χ0n) is 43.3. The van der Waals surface area contributed by atoms with Crippen LogP contribution in [0.15, 0.2) is 158 Å². The average molecular weight is 1110 g/mol. The number of rotatable bonds is 20. The summed E-state index contributed by atoms with van der Waals surface area (Å²) < 4.78 is 35.4. The summed E-state index contributed by atoms with van der Waals surface area (Å²) in [5.41, 5.74) is 28.4. The molecule has 80 heavy (non-hydrogen) atoms. The van der Waals surface area contributed by atoms with Gasteiger partial charge < -0.3 is 31.4 Å². The number of hydroxylamine groups is 2. The minimum atomic E-state index is -0.613. The third-order valence-electron chi connectivity index (χ3n) is 13.6. The molecule has 0 saturated heterocycles. The molecule has 0 spiro atoms. The van der Waals surface area contributed by atoms with Crippen molar-refractivity contribution in [3.63, 3.8) is 0 Å². The molecular weight excluding hydrogens is 1060 g/mol. The third-order valence-corrected chi connectivity index (χ3v) is 16.0. The number of carbonyl (C=O) groups is 4. The first-order valence-electron chi connectivity index (χ1n) is 25.8. The van der Waals surface area contributed by atoms with Crippen LogP contribution in [0.5, 0.6) is 5.75 Å². The lowest BCUT2D eigenvalue weighted by Crippen LogP contribution is -2.20. The van der Waals surface area contributed by atoms with Gasteiger partial charge in [0.1, 0.15) is 5.75 Å². The molecular formula is C62H57F2N7O7S2. The molecule has 0 saturated carbocycles. The highest BCUT2D eigenvalue weighted by Crippen LogP contribution is 2.40. The van der Waals surface area contributed by atoms with Gasteiger partial charge in [-0.2, -0.15) is 0 Å². The molecule has 0 atom stereocenters. The molecule has 4 heterocycles. The number of halogens is 2. The number of thiophene rings is 2. The molecule has 0 aliphatic carbocycles. The highest BCUT2D eigenvalue weighted by molar-refractivity contribution is 7.18. The SMILES string of the molecule is NCCCCn1c(-c2ccccc2)c(F)c2ccc(C(=O)c3cc(CC(=O)NO)c(-c4ccc(O)cc4)s3)cc21.NCCCCn1c(-c2ccccc2)c(F)c2ccc(C(=O)c3cc(CC(=O)NO)c(-c4cccc(N)c4)s3)cc21. The van der Waals surface area contributed by atoms with E-state index in [-0.39, 0.29) is 41.8 Å². The summed E-state index contributed by atoms with van der Waals surface area (Å²) in [5, 5.41) is 28.7. The van der Waals surface area contributed by atoms with Crippen LogP contribution in [-0.4, -0.2) is 61.1 Å². The van der Waals surface area contributed by atoms with Crippen LogP contribution in [0.1, 0.15) is 67.3 Å². The second-order valence-corrected chi connectivity index (χ2v) is 21.1. The zero-order valence-corrected chi connectivity index (χ0v) is 44.9. The van der Waals surface area contributed by atoms with Crippen LogP contribution in [0.25, 0.3) is 65.2 Å². The highest BCUT2D eigenvalue weighted by atomic mass is 32.1. The number of benzene rings is 6. The van der Waals surface area contributed by atoms with Gasteiger partial charge in [-0.1, -0.05) is 84.9 Å². The van der Waals surface area contributed by atoms with Crippen molar-refractivity contribution in [2.24, 2.45) is 11.5 Å². The number of phenolic OH excluding ortho intramolecular Hbond substituents is 1. The Morgan fingerprint density at radius 3 is 1.36 bits per heavy atom. The quantitative estimate of drug-likeness (QED) is 0.0118. The zero-order chi connectivity index (χ0) is 56.5. The largest absolute Gasteiger partial charge is 0.508 e. The van der Waals surface area contributed by atoms with Crippen molar-refractivity contribution in [3.05, 3.63) is 201 Å². The summed E-state index contributed by atoms with van der Waals surface area (Å²) >= 11 is 2.46. The fourth-order valence-corrected chi connectivity index (χ4v) is 12.1. The number of carbonyl (C=O) groups excluding carboxylic acids is 4. The molecule has 0 unspecified atom stereocenters. The summed E-state index contributed by atoms with van der Waals surface area (Å²) in [6, 6.07) is 45.6. The summed E-state index contributed by atoms with van der Waals surface area (Å²) in [7, 11) is 0. The summed E-state index contributed by atoms with van der Waals surface area (Å²) in [6.45, 7) is 2.17. The number of amides is 2. The van der Waals surface area contributed by atoms with E-state index in [9.17, 15) is 24.3 Å². The lowest BCUT2D eigenvalue weighted by molar-refractivity contribution is -0.129. The first-order chi connectivity index (χ1) is 38.8. The van der Waals surface area contributed by atoms with Crippen molar-refractivity contribution in [2.75, 3.05) is 18.8 Å². The number of hydrogen-bond donors (Lipinski definition) is 8. The van der Waals surface area contributed by atoms with E-state index in [4.69, 9.17) is 27.6 Å². The Morgan fingerprint density at radius 1 is 0.500 bits per heavy atom. The van der Waals surface area contributed by atoms with Gasteiger partial charge in [-0.3, -0.25) is 29.6 Å². The minimum absolute atomic E-state index is 0.0936. The van der Waals surface area contributed by atoms with E-state index in [2.05, 4.69) is 0 Å². The number of nitrogens with zero attached hydrogens (tertiary/aromatic N) is 2. The van der Waals surface area contributed by atoms with Crippen LogP contribution < -0.4 is 28.2 Å². The molecule has 4 aromatic heterocycles. The number of hydrogen-bond acceptors (Lipinski definition) is 12. The van der Waals surface area contributed by atoms with Crippen molar-refractivity contribution in [1.29, 1.82) is 0 Å². The van der Waals surface area contributed by atoms with Gasteiger partial charge in [0.25, 0.3) is 0 Å². The maximum atomic E-state index is 15.8. The number of fused-ring (bicyclic) bond motifs is 2. The Hall–Kier alpha value is -8.62. The van der Waals surface area contributed by atoms with E-state index in [0.29, 0.717) is 107 Å². The summed E-state index contributed by atoms with van der Waals surface area (Å²) in [6.07, 6.45) is 2.86. The third kappa shape index (κ3) is 12.2. The molecule has 0 bridgehead atoms. The number of aryl methyl sites for hydroxylation is 2. The lowest BCUT2D eigenvalue weighted by atomic mass is 10.0. The number of ketones is 2. The van der Waals surface area contributed by atoms with E-state index in [1.807, 2.05) is 75.9 Å². The van der Waals surface area contributed by atoms with E-state index >= 15 is 8.78 Å². The molecule has 0 aliphatic rings. The fraction of sp³-hybridized carbons (Fsp3) is 0.161. The topological polar surface area (TPSA) is 241 Å². The monoisotopic (exact) mass is 1110 g/mol. The number of anilines is 1. The van der Waals surface area contributed by atoms with Gasteiger partial charge >= 0.3 is 0 Å². The number of aromatic nitrogens is 2. The number of phenols is 1. The number of nitrogens with one attached hydrogen (secondary N) is 2.